The van der Waals surface area contributed by atoms with Gasteiger partial charge in [0.2, 0.25) is 0 Å². The van der Waals surface area contributed by atoms with E-state index in [2.05, 4.69) is 14.9 Å². The standard InChI is InChI=1S/C13H21N3O2S/c17-19(18)8-4-11(5-9-19)15-12-2-1-3-13(12)16-7-6-14-10-16/h6-7,10-13,15H,1-5,8-9H2. The lowest BCUT2D eigenvalue weighted by atomic mass is 10.1. The fourth-order valence-corrected chi connectivity index (χ4v) is 4.81. The highest BCUT2D eigenvalue weighted by Gasteiger charge is 2.32. The molecule has 1 aliphatic heterocycles. The van der Waals surface area contributed by atoms with Crippen LogP contribution < -0.4 is 5.32 Å². The molecule has 106 valence electrons. The Balaban J connectivity index is 1.60. The van der Waals surface area contributed by atoms with Crippen molar-refractivity contribution in [1.82, 2.24) is 14.9 Å². The quantitative estimate of drug-likeness (QED) is 0.903. The van der Waals surface area contributed by atoms with Crippen molar-refractivity contribution in [2.24, 2.45) is 0 Å². The molecule has 2 heterocycles. The van der Waals surface area contributed by atoms with Crippen LogP contribution in [0, 0.1) is 0 Å². The predicted molar refractivity (Wildman–Crippen MR) is 73.7 cm³/mol. The zero-order valence-electron chi connectivity index (χ0n) is 11.0. The summed E-state index contributed by atoms with van der Waals surface area (Å²) in [6.07, 6.45) is 10.8. The van der Waals surface area contributed by atoms with E-state index >= 15 is 0 Å². The normalized spacial score (nSPS) is 31.6. The summed E-state index contributed by atoms with van der Waals surface area (Å²) in [5.41, 5.74) is 0. The van der Waals surface area contributed by atoms with Gasteiger partial charge in [0.15, 0.2) is 0 Å². The van der Waals surface area contributed by atoms with E-state index in [0.29, 0.717) is 29.6 Å². The van der Waals surface area contributed by atoms with Crippen molar-refractivity contribution in [1.29, 1.82) is 0 Å². The Morgan fingerprint density at radius 1 is 1.16 bits per heavy atom. The molecule has 2 atom stereocenters. The van der Waals surface area contributed by atoms with Gasteiger partial charge in [0.25, 0.3) is 0 Å². The lowest BCUT2D eigenvalue weighted by Crippen LogP contribution is -2.44. The van der Waals surface area contributed by atoms with Gasteiger partial charge in [-0.3, -0.25) is 0 Å². The van der Waals surface area contributed by atoms with E-state index in [0.717, 1.165) is 12.8 Å². The van der Waals surface area contributed by atoms with Crippen LogP contribution in [0.1, 0.15) is 38.1 Å². The number of aromatic nitrogens is 2. The zero-order chi connectivity index (χ0) is 13.3. The maximum Gasteiger partial charge on any atom is 0.150 e. The third-order valence-electron chi connectivity index (χ3n) is 4.39. The molecule has 0 spiro atoms. The van der Waals surface area contributed by atoms with Crippen molar-refractivity contribution >= 4 is 9.84 Å². The van der Waals surface area contributed by atoms with Gasteiger partial charge in [-0.05, 0) is 32.1 Å². The second kappa shape index (κ2) is 5.25. The summed E-state index contributed by atoms with van der Waals surface area (Å²) in [6, 6.07) is 1.29. The molecule has 1 aromatic heterocycles. The summed E-state index contributed by atoms with van der Waals surface area (Å²) in [5, 5.41) is 3.68. The predicted octanol–water partition coefficient (Wildman–Crippen LogP) is 1.14. The SMILES string of the molecule is O=S1(=O)CCC(NC2CCCC2n2ccnc2)CC1. The average Bonchev–Trinajstić information content (AvgIpc) is 3.02. The third kappa shape index (κ3) is 3.00. The van der Waals surface area contributed by atoms with Crippen LogP contribution in [0.5, 0.6) is 0 Å². The Hall–Kier alpha value is -0.880. The molecule has 1 aromatic rings. The third-order valence-corrected chi connectivity index (χ3v) is 6.11. The van der Waals surface area contributed by atoms with Crippen LogP contribution in [0.25, 0.3) is 0 Å². The fraction of sp³-hybridized carbons (Fsp3) is 0.769. The molecule has 2 unspecified atom stereocenters. The fourth-order valence-electron chi connectivity index (χ4n) is 3.32. The Morgan fingerprint density at radius 3 is 2.63 bits per heavy atom. The van der Waals surface area contributed by atoms with E-state index in [-0.39, 0.29) is 0 Å². The summed E-state index contributed by atoms with van der Waals surface area (Å²) in [5.74, 6) is 0.681. The summed E-state index contributed by atoms with van der Waals surface area (Å²) >= 11 is 0. The minimum absolute atomic E-state index is 0.340. The van der Waals surface area contributed by atoms with Crippen molar-refractivity contribution in [3.05, 3.63) is 18.7 Å². The molecular formula is C13H21N3O2S. The molecule has 0 bridgehead atoms. The summed E-state index contributed by atoms with van der Waals surface area (Å²) in [4.78, 5) is 4.12. The van der Waals surface area contributed by atoms with Crippen LogP contribution in [0.15, 0.2) is 18.7 Å². The number of imidazole rings is 1. The van der Waals surface area contributed by atoms with Gasteiger partial charge in [-0.15, -0.1) is 0 Å². The van der Waals surface area contributed by atoms with Gasteiger partial charge in [-0.1, -0.05) is 0 Å². The first-order valence-electron chi connectivity index (χ1n) is 7.08. The monoisotopic (exact) mass is 283 g/mol. The van der Waals surface area contributed by atoms with Crippen LogP contribution in [0.4, 0.5) is 0 Å². The van der Waals surface area contributed by atoms with Gasteiger partial charge < -0.3 is 9.88 Å². The molecule has 19 heavy (non-hydrogen) atoms. The van der Waals surface area contributed by atoms with Gasteiger partial charge in [0, 0.05) is 30.5 Å². The largest absolute Gasteiger partial charge is 0.333 e. The Kier molecular flexibility index (Phi) is 3.62. The first kappa shape index (κ1) is 13.1. The highest BCUT2D eigenvalue weighted by molar-refractivity contribution is 7.91. The van der Waals surface area contributed by atoms with Crippen molar-refractivity contribution in [3.63, 3.8) is 0 Å². The first-order valence-corrected chi connectivity index (χ1v) is 8.90. The lowest BCUT2D eigenvalue weighted by molar-refractivity contribution is 0.336. The Bertz CT molecular complexity index is 498. The van der Waals surface area contributed by atoms with Crippen LogP contribution in [-0.4, -0.2) is 41.6 Å². The molecule has 0 radical (unpaired) electrons. The Labute approximate surface area is 114 Å². The number of nitrogens with one attached hydrogen (secondary N) is 1. The molecule has 0 aromatic carbocycles. The molecule has 1 N–H and O–H groups in total. The van der Waals surface area contributed by atoms with Crippen LogP contribution in [-0.2, 0) is 9.84 Å². The highest BCUT2D eigenvalue weighted by Crippen LogP contribution is 2.31. The summed E-state index contributed by atoms with van der Waals surface area (Å²) in [7, 11) is -2.76. The topological polar surface area (TPSA) is 64.0 Å². The molecule has 1 aliphatic carbocycles. The maximum absolute atomic E-state index is 11.4. The molecule has 1 saturated heterocycles. The summed E-state index contributed by atoms with van der Waals surface area (Å²) < 4.78 is 25.1. The number of nitrogens with zero attached hydrogens (tertiary/aromatic N) is 2. The highest BCUT2D eigenvalue weighted by atomic mass is 32.2. The van der Waals surface area contributed by atoms with Crippen molar-refractivity contribution in [3.8, 4) is 0 Å². The van der Waals surface area contributed by atoms with Crippen LogP contribution >= 0.6 is 0 Å². The van der Waals surface area contributed by atoms with Crippen LogP contribution in [0.3, 0.4) is 0 Å². The molecule has 0 amide bonds. The van der Waals surface area contributed by atoms with E-state index < -0.39 is 9.84 Å². The molecule has 5 nitrogen and oxygen atoms in total. The van der Waals surface area contributed by atoms with Gasteiger partial charge in [-0.25, -0.2) is 13.4 Å². The minimum Gasteiger partial charge on any atom is -0.333 e. The minimum atomic E-state index is -2.76. The van der Waals surface area contributed by atoms with Gasteiger partial charge in [0.1, 0.15) is 9.84 Å². The number of rotatable bonds is 3. The molecule has 6 heteroatoms. The van der Waals surface area contributed by atoms with Crippen LogP contribution in [0.2, 0.25) is 0 Å². The van der Waals surface area contributed by atoms with Crippen molar-refractivity contribution in [2.75, 3.05) is 11.5 Å². The van der Waals surface area contributed by atoms with Crippen molar-refractivity contribution < 1.29 is 8.42 Å². The first-order chi connectivity index (χ1) is 9.14. The molecule has 2 aliphatic rings. The Morgan fingerprint density at radius 2 is 1.95 bits per heavy atom. The number of hydrogen-bond acceptors (Lipinski definition) is 4. The van der Waals surface area contributed by atoms with E-state index in [1.54, 1.807) is 0 Å². The molecule has 3 rings (SSSR count). The van der Waals surface area contributed by atoms with E-state index in [1.165, 1.54) is 19.3 Å². The van der Waals surface area contributed by atoms with Gasteiger partial charge in [0.05, 0.1) is 17.8 Å². The van der Waals surface area contributed by atoms with E-state index in [9.17, 15) is 8.42 Å². The van der Waals surface area contributed by atoms with E-state index in [1.807, 2.05) is 18.7 Å². The number of sulfone groups is 1. The van der Waals surface area contributed by atoms with Crippen molar-refractivity contribution in [2.45, 2.75) is 50.2 Å². The second-order valence-electron chi connectivity index (χ2n) is 5.71. The van der Waals surface area contributed by atoms with Gasteiger partial charge >= 0.3 is 0 Å². The number of hydrogen-bond donors (Lipinski definition) is 1. The van der Waals surface area contributed by atoms with Gasteiger partial charge in [-0.2, -0.15) is 0 Å². The molecule has 2 fully saturated rings. The molecular weight excluding hydrogens is 262 g/mol. The van der Waals surface area contributed by atoms with E-state index in [4.69, 9.17) is 0 Å². The second-order valence-corrected chi connectivity index (χ2v) is 8.01. The lowest BCUT2D eigenvalue weighted by Gasteiger charge is -2.30. The average molecular weight is 283 g/mol. The maximum atomic E-state index is 11.4. The zero-order valence-corrected chi connectivity index (χ0v) is 11.8. The molecule has 1 saturated carbocycles. The summed E-state index contributed by atoms with van der Waals surface area (Å²) in [6.45, 7) is 0. The smallest absolute Gasteiger partial charge is 0.150 e.